The Morgan fingerprint density at radius 3 is 2.38 bits per heavy atom. The van der Waals surface area contributed by atoms with Crippen LogP contribution >= 0.6 is 15.9 Å². The van der Waals surface area contributed by atoms with E-state index in [9.17, 15) is 14.4 Å². The van der Waals surface area contributed by atoms with Gasteiger partial charge in [0.2, 0.25) is 0 Å². The zero-order valence-corrected chi connectivity index (χ0v) is 15.4. The summed E-state index contributed by atoms with van der Waals surface area (Å²) in [6.45, 7) is 4.17. The number of hydrogen-bond acceptors (Lipinski definition) is 5. The summed E-state index contributed by atoms with van der Waals surface area (Å²) in [6.07, 6.45) is -0.979. The molecular formula is C17H22BrNO5. The molecule has 0 heterocycles. The molecule has 0 spiro atoms. The molecule has 132 valence electrons. The van der Waals surface area contributed by atoms with Crippen LogP contribution in [0, 0.1) is 5.92 Å². The van der Waals surface area contributed by atoms with Crippen molar-refractivity contribution in [2.75, 3.05) is 11.9 Å². The number of alkyl halides is 1. The van der Waals surface area contributed by atoms with Crippen molar-refractivity contribution in [1.29, 1.82) is 0 Å². The SMILES string of the molecule is CC(C)COC(=O)C[C@H](NC(=O)OCc1ccccc1)C(=O)CBr. The number of ether oxygens (including phenoxy) is 2. The summed E-state index contributed by atoms with van der Waals surface area (Å²) in [5, 5.41) is 2.44. The van der Waals surface area contributed by atoms with Crippen molar-refractivity contribution in [2.45, 2.75) is 32.9 Å². The topological polar surface area (TPSA) is 81.7 Å². The number of carbonyl (C=O) groups excluding carboxylic acids is 3. The van der Waals surface area contributed by atoms with Crippen LogP contribution < -0.4 is 5.32 Å². The third-order valence-electron chi connectivity index (χ3n) is 2.97. The number of alkyl carbamates (subject to hydrolysis) is 1. The van der Waals surface area contributed by atoms with Crippen LogP contribution in [0.4, 0.5) is 4.79 Å². The lowest BCUT2D eigenvalue weighted by molar-refractivity contribution is -0.146. The third kappa shape index (κ3) is 8.10. The van der Waals surface area contributed by atoms with Gasteiger partial charge in [0.05, 0.1) is 18.4 Å². The van der Waals surface area contributed by atoms with Gasteiger partial charge in [-0.1, -0.05) is 60.1 Å². The normalized spacial score (nSPS) is 11.7. The van der Waals surface area contributed by atoms with Crippen molar-refractivity contribution in [1.82, 2.24) is 5.32 Å². The van der Waals surface area contributed by atoms with Crippen LogP contribution in [0.2, 0.25) is 0 Å². The molecule has 1 atom stereocenters. The minimum atomic E-state index is -0.979. The van der Waals surface area contributed by atoms with Crippen LogP contribution in [0.5, 0.6) is 0 Å². The van der Waals surface area contributed by atoms with Crippen LogP contribution in [0.25, 0.3) is 0 Å². The summed E-state index contributed by atoms with van der Waals surface area (Å²) in [7, 11) is 0. The average Bonchev–Trinajstić information content (AvgIpc) is 2.57. The Hall–Kier alpha value is -1.89. The van der Waals surface area contributed by atoms with E-state index < -0.39 is 18.1 Å². The molecule has 1 N–H and O–H groups in total. The molecule has 1 aromatic carbocycles. The van der Waals surface area contributed by atoms with E-state index in [0.717, 1.165) is 5.56 Å². The highest BCUT2D eigenvalue weighted by molar-refractivity contribution is 9.09. The Kier molecular flexibility index (Phi) is 9.07. The maximum Gasteiger partial charge on any atom is 0.408 e. The number of Topliss-reactive ketones (excluding diaryl/α,β-unsaturated/α-hetero) is 1. The van der Waals surface area contributed by atoms with Gasteiger partial charge in [0.15, 0.2) is 5.78 Å². The first-order chi connectivity index (χ1) is 11.4. The fourth-order valence-electron chi connectivity index (χ4n) is 1.73. The Bertz CT molecular complexity index is 547. The van der Waals surface area contributed by atoms with Gasteiger partial charge >= 0.3 is 12.1 Å². The fourth-order valence-corrected chi connectivity index (χ4v) is 2.12. The van der Waals surface area contributed by atoms with E-state index in [1.807, 2.05) is 44.2 Å². The molecule has 0 unspecified atom stereocenters. The molecule has 0 radical (unpaired) electrons. The first-order valence-electron chi connectivity index (χ1n) is 7.64. The van der Waals surface area contributed by atoms with E-state index in [2.05, 4.69) is 21.2 Å². The molecule has 0 aliphatic rings. The summed E-state index contributed by atoms with van der Waals surface area (Å²) in [4.78, 5) is 35.5. The van der Waals surface area contributed by atoms with Gasteiger partial charge in [0, 0.05) is 0 Å². The van der Waals surface area contributed by atoms with Crippen LogP contribution in [-0.4, -0.2) is 35.8 Å². The van der Waals surface area contributed by atoms with Gasteiger partial charge in [-0.05, 0) is 11.5 Å². The number of ketones is 1. The molecule has 0 aromatic heterocycles. The van der Waals surface area contributed by atoms with E-state index in [0.29, 0.717) is 0 Å². The number of esters is 1. The number of benzene rings is 1. The van der Waals surface area contributed by atoms with Crippen molar-refractivity contribution in [3.8, 4) is 0 Å². The molecule has 0 saturated carbocycles. The first-order valence-corrected chi connectivity index (χ1v) is 8.76. The molecule has 0 fully saturated rings. The maximum absolute atomic E-state index is 11.9. The molecule has 6 nitrogen and oxygen atoms in total. The van der Waals surface area contributed by atoms with Gasteiger partial charge in [0.1, 0.15) is 12.6 Å². The van der Waals surface area contributed by atoms with Gasteiger partial charge in [-0.3, -0.25) is 9.59 Å². The van der Waals surface area contributed by atoms with Gasteiger partial charge in [-0.15, -0.1) is 0 Å². The second-order valence-electron chi connectivity index (χ2n) is 5.64. The minimum absolute atomic E-state index is 0.0219. The van der Waals surface area contributed by atoms with Crippen LogP contribution in [0.3, 0.4) is 0 Å². The van der Waals surface area contributed by atoms with Crippen LogP contribution in [-0.2, 0) is 25.7 Å². The van der Waals surface area contributed by atoms with E-state index in [1.165, 1.54) is 0 Å². The largest absolute Gasteiger partial charge is 0.465 e. The lowest BCUT2D eigenvalue weighted by Gasteiger charge is -2.16. The summed E-state index contributed by atoms with van der Waals surface area (Å²) in [6, 6.07) is 8.18. The molecule has 1 rings (SSSR count). The molecule has 1 amide bonds. The highest BCUT2D eigenvalue weighted by Crippen LogP contribution is 2.04. The maximum atomic E-state index is 11.9. The van der Waals surface area contributed by atoms with Crippen molar-refractivity contribution in [2.24, 2.45) is 5.92 Å². The monoisotopic (exact) mass is 399 g/mol. The number of halogens is 1. The van der Waals surface area contributed by atoms with Crippen LogP contribution in [0.15, 0.2) is 30.3 Å². The van der Waals surface area contributed by atoms with Crippen LogP contribution in [0.1, 0.15) is 25.8 Å². The second kappa shape index (κ2) is 10.8. The van der Waals surface area contributed by atoms with Crippen molar-refractivity contribution in [3.05, 3.63) is 35.9 Å². The molecule has 0 aliphatic heterocycles. The number of amides is 1. The number of nitrogens with one attached hydrogen (secondary N) is 1. The predicted octanol–water partition coefficient (Wildman–Crippen LogP) is 2.83. The Balaban J connectivity index is 2.50. The molecule has 0 bridgehead atoms. The van der Waals surface area contributed by atoms with E-state index in [1.54, 1.807) is 0 Å². The Labute approximate surface area is 150 Å². The molecule has 7 heteroatoms. The smallest absolute Gasteiger partial charge is 0.408 e. The standard InChI is InChI=1S/C17H22BrNO5/c1-12(2)10-23-16(21)8-14(15(20)9-18)19-17(22)24-11-13-6-4-3-5-7-13/h3-7,12,14H,8-11H2,1-2H3,(H,19,22)/t14-/m0/s1. The summed E-state index contributed by atoms with van der Waals surface area (Å²) < 4.78 is 10.1. The van der Waals surface area contributed by atoms with E-state index in [4.69, 9.17) is 9.47 Å². The zero-order chi connectivity index (χ0) is 17.9. The Morgan fingerprint density at radius 2 is 1.79 bits per heavy atom. The lowest BCUT2D eigenvalue weighted by atomic mass is 10.1. The molecule has 0 saturated heterocycles. The summed E-state index contributed by atoms with van der Waals surface area (Å²) >= 11 is 3.04. The van der Waals surface area contributed by atoms with E-state index in [-0.39, 0.29) is 36.7 Å². The third-order valence-corrected chi connectivity index (χ3v) is 3.53. The number of carbonyl (C=O) groups is 3. The van der Waals surface area contributed by atoms with Gasteiger partial charge in [0.25, 0.3) is 0 Å². The van der Waals surface area contributed by atoms with Crippen molar-refractivity contribution in [3.63, 3.8) is 0 Å². The highest BCUT2D eigenvalue weighted by atomic mass is 79.9. The zero-order valence-electron chi connectivity index (χ0n) is 13.8. The molecule has 1 aromatic rings. The summed E-state index contributed by atoms with van der Waals surface area (Å²) in [5.74, 6) is -0.664. The average molecular weight is 400 g/mol. The van der Waals surface area contributed by atoms with Gasteiger partial charge < -0.3 is 14.8 Å². The van der Waals surface area contributed by atoms with Gasteiger partial charge in [-0.2, -0.15) is 0 Å². The highest BCUT2D eigenvalue weighted by Gasteiger charge is 2.24. The van der Waals surface area contributed by atoms with Crippen molar-refractivity contribution >= 4 is 33.8 Å². The first kappa shape index (κ1) is 20.2. The predicted molar refractivity (Wildman–Crippen MR) is 92.8 cm³/mol. The molecular weight excluding hydrogens is 378 g/mol. The minimum Gasteiger partial charge on any atom is -0.465 e. The fraction of sp³-hybridized carbons (Fsp3) is 0.471. The van der Waals surface area contributed by atoms with Crippen molar-refractivity contribution < 1.29 is 23.9 Å². The second-order valence-corrected chi connectivity index (χ2v) is 6.20. The summed E-state index contributed by atoms with van der Waals surface area (Å²) in [5.41, 5.74) is 0.826. The molecule has 24 heavy (non-hydrogen) atoms. The quantitative estimate of drug-likeness (QED) is 0.509. The molecule has 0 aliphatic carbocycles. The van der Waals surface area contributed by atoms with E-state index >= 15 is 0 Å². The Morgan fingerprint density at radius 1 is 1.12 bits per heavy atom. The van der Waals surface area contributed by atoms with Gasteiger partial charge in [-0.25, -0.2) is 4.79 Å². The lowest BCUT2D eigenvalue weighted by Crippen LogP contribution is -2.43. The number of rotatable bonds is 9. The number of hydrogen-bond donors (Lipinski definition) is 1.